The second-order valence-corrected chi connectivity index (χ2v) is 6.15. The third-order valence-electron chi connectivity index (χ3n) is 2.21. The van der Waals surface area contributed by atoms with E-state index in [1.807, 2.05) is 20.8 Å². The summed E-state index contributed by atoms with van der Waals surface area (Å²) >= 11 is 6.32. The Morgan fingerprint density at radius 1 is 1.31 bits per heavy atom. The van der Waals surface area contributed by atoms with Crippen molar-refractivity contribution < 1.29 is 15.0 Å². The van der Waals surface area contributed by atoms with Gasteiger partial charge in [-0.25, -0.2) is 4.79 Å². The number of rotatable bonds is 1. The van der Waals surface area contributed by atoms with E-state index < -0.39 is 5.97 Å². The van der Waals surface area contributed by atoms with Gasteiger partial charge in [0.1, 0.15) is 5.75 Å². The molecule has 0 aromatic heterocycles. The summed E-state index contributed by atoms with van der Waals surface area (Å²) in [5.41, 5.74) is 0.466. The van der Waals surface area contributed by atoms with Gasteiger partial charge in [-0.05, 0) is 43.3 Å². The number of hydrogen-bond acceptors (Lipinski definition) is 2. The molecule has 88 valence electrons. The number of phenols is 1. The van der Waals surface area contributed by atoms with E-state index in [9.17, 15) is 9.90 Å². The largest absolute Gasteiger partial charge is 0.506 e. The number of aromatic hydroxyl groups is 1. The normalized spacial score (nSPS) is 11.6. The monoisotopic (exact) mass is 350 g/mol. The van der Waals surface area contributed by atoms with Crippen molar-refractivity contribution in [2.75, 3.05) is 0 Å². The maximum absolute atomic E-state index is 11.0. The van der Waals surface area contributed by atoms with Crippen LogP contribution in [0.15, 0.2) is 15.0 Å². The molecule has 1 aromatic rings. The van der Waals surface area contributed by atoms with Gasteiger partial charge in [0, 0.05) is 10.0 Å². The fraction of sp³-hybridized carbons (Fsp3) is 0.364. The standard InChI is InChI=1S/C11H12Br2O3/c1-11(2,3)5-4-6(12)7(10(15)16)8(13)9(5)14/h4,14H,1-3H3,(H,15,16). The molecule has 16 heavy (non-hydrogen) atoms. The SMILES string of the molecule is CC(C)(C)c1cc(Br)c(C(=O)O)c(Br)c1O. The highest BCUT2D eigenvalue weighted by atomic mass is 79.9. The molecule has 0 atom stereocenters. The van der Waals surface area contributed by atoms with Crippen LogP contribution in [-0.2, 0) is 5.41 Å². The van der Waals surface area contributed by atoms with E-state index >= 15 is 0 Å². The van der Waals surface area contributed by atoms with Gasteiger partial charge in [-0.15, -0.1) is 0 Å². The topological polar surface area (TPSA) is 57.5 Å². The van der Waals surface area contributed by atoms with Crippen LogP contribution in [0.2, 0.25) is 0 Å². The lowest BCUT2D eigenvalue weighted by Gasteiger charge is -2.22. The number of carboxylic acids is 1. The first-order valence-corrected chi connectivity index (χ1v) is 6.19. The zero-order chi connectivity index (χ0) is 12.7. The molecule has 0 aliphatic heterocycles. The average molecular weight is 352 g/mol. The Hall–Kier alpha value is -0.550. The van der Waals surface area contributed by atoms with E-state index in [-0.39, 0.29) is 21.2 Å². The highest BCUT2D eigenvalue weighted by molar-refractivity contribution is 9.11. The van der Waals surface area contributed by atoms with Gasteiger partial charge in [0.05, 0.1) is 10.0 Å². The molecule has 0 unspecified atom stereocenters. The molecule has 2 N–H and O–H groups in total. The van der Waals surface area contributed by atoms with Gasteiger partial charge in [0.2, 0.25) is 0 Å². The minimum atomic E-state index is -1.09. The fourth-order valence-corrected chi connectivity index (χ4v) is 2.84. The first-order valence-electron chi connectivity index (χ1n) is 4.61. The highest BCUT2D eigenvalue weighted by Crippen LogP contribution is 2.41. The smallest absolute Gasteiger partial charge is 0.338 e. The van der Waals surface area contributed by atoms with Crippen molar-refractivity contribution in [2.45, 2.75) is 26.2 Å². The van der Waals surface area contributed by atoms with Gasteiger partial charge in [0.15, 0.2) is 0 Å². The first kappa shape index (κ1) is 13.5. The predicted octanol–water partition coefficient (Wildman–Crippen LogP) is 3.91. The second kappa shape index (κ2) is 4.37. The number of benzene rings is 1. The predicted molar refractivity (Wildman–Crippen MR) is 69.2 cm³/mol. The molecule has 3 nitrogen and oxygen atoms in total. The molecule has 0 amide bonds. The Labute approximate surface area is 111 Å². The molecule has 5 heteroatoms. The van der Waals surface area contributed by atoms with Crippen molar-refractivity contribution in [3.05, 3.63) is 26.1 Å². The van der Waals surface area contributed by atoms with Crippen molar-refractivity contribution >= 4 is 37.8 Å². The van der Waals surface area contributed by atoms with Crippen LogP contribution in [0.5, 0.6) is 5.75 Å². The van der Waals surface area contributed by atoms with Crippen molar-refractivity contribution in [3.8, 4) is 5.75 Å². The summed E-state index contributed by atoms with van der Waals surface area (Å²) in [7, 11) is 0. The minimum absolute atomic E-state index is 0.0203. The molecule has 0 spiro atoms. The molecule has 1 rings (SSSR count). The molecular weight excluding hydrogens is 340 g/mol. The van der Waals surface area contributed by atoms with Crippen LogP contribution in [0, 0.1) is 0 Å². The summed E-state index contributed by atoms with van der Waals surface area (Å²) in [6.45, 7) is 5.84. The number of carboxylic acid groups (broad SMARTS) is 1. The van der Waals surface area contributed by atoms with Crippen molar-refractivity contribution in [2.24, 2.45) is 0 Å². The van der Waals surface area contributed by atoms with E-state index in [0.717, 1.165) is 0 Å². The summed E-state index contributed by atoms with van der Waals surface area (Å²) < 4.78 is 0.661. The van der Waals surface area contributed by atoms with Gasteiger partial charge in [-0.2, -0.15) is 0 Å². The van der Waals surface area contributed by atoms with Crippen LogP contribution in [-0.4, -0.2) is 16.2 Å². The minimum Gasteiger partial charge on any atom is -0.506 e. The number of hydrogen-bond donors (Lipinski definition) is 2. The zero-order valence-electron chi connectivity index (χ0n) is 9.14. The Morgan fingerprint density at radius 3 is 2.19 bits per heavy atom. The van der Waals surface area contributed by atoms with Crippen LogP contribution in [0.1, 0.15) is 36.7 Å². The Balaban J connectivity index is 3.58. The van der Waals surface area contributed by atoms with E-state index in [2.05, 4.69) is 31.9 Å². The van der Waals surface area contributed by atoms with E-state index in [1.165, 1.54) is 0 Å². The van der Waals surface area contributed by atoms with Crippen molar-refractivity contribution in [1.29, 1.82) is 0 Å². The van der Waals surface area contributed by atoms with Gasteiger partial charge in [-0.1, -0.05) is 20.8 Å². The second-order valence-electron chi connectivity index (χ2n) is 4.50. The lowest BCUT2D eigenvalue weighted by atomic mass is 9.86. The van der Waals surface area contributed by atoms with E-state index in [4.69, 9.17) is 5.11 Å². The van der Waals surface area contributed by atoms with Gasteiger partial charge in [0.25, 0.3) is 0 Å². The molecule has 1 aromatic carbocycles. The van der Waals surface area contributed by atoms with Crippen LogP contribution >= 0.6 is 31.9 Å². The average Bonchev–Trinajstić information content (AvgIpc) is 2.09. The first-order chi connectivity index (χ1) is 7.16. The van der Waals surface area contributed by atoms with Crippen LogP contribution in [0.4, 0.5) is 0 Å². The number of carbonyl (C=O) groups is 1. The number of phenolic OH excluding ortho intramolecular Hbond substituents is 1. The lowest BCUT2D eigenvalue weighted by Crippen LogP contribution is -2.13. The maximum Gasteiger partial charge on any atom is 0.338 e. The Bertz CT molecular complexity index is 448. The molecular formula is C11H12Br2O3. The summed E-state index contributed by atoms with van der Waals surface area (Å²) in [6.07, 6.45) is 0. The Kier molecular flexibility index (Phi) is 3.69. The molecule has 0 fully saturated rings. The molecule has 0 heterocycles. The summed E-state index contributed by atoms with van der Waals surface area (Å²) in [5.74, 6) is -1.11. The zero-order valence-corrected chi connectivity index (χ0v) is 12.3. The lowest BCUT2D eigenvalue weighted by molar-refractivity contribution is 0.0694. The fourth-order valence-electron chi connectivity index (χ4n) is 1.38. The van der Waals surface area contributed by atoms with Crippen LogP contribution in [0.3, 0.4) is 0 Å². The Morgan fingerprint density at radius 2 is 1.81 bits per heavy atom. The number of halogens is 2. The van der Waals surface area contributed by atoms with Gasteiger partial charge < -0.3 is 10.2 Å². The quantitative estimate of drug-likeness (QED) is 0.806. The molecule has 0 saturated heterocycles. The van der Waals surface area contributed by atoms with Crippen molar-refractivity contribution in [1.82, 2.24) is 0 Å². The summed E-state index contributed by atoms with van der Waals surface area (Å²) in [5, 5.41) is 18.9. The number of aromatic carboxylic acids is 1. The van der Waals surface area contributed by atoms with Crippen LogP contribution < -0.4 is 0 Å². The molecule has 0 saturated carbocycles. The molecule has 0 radical (unpaired) electrons. The van der Waals surface area contributed by atoms with Gasteiger partial charge in [-0.3, -0.25) is 0 Å². The van der Waals surface area contributed by atoms with E-state index in [1.54, 1.807) is 6.07 Å². The maximum atomic E-state index is 11.0. The van der Waals surface area contributed by atoms with Crippen molar-refractivity contribution in [3.63, 3.8) is 0 Å². The summed E-state index contributed by atoms with van der Waals surface area (Å²) in [6, 6.07) is 1.64. The van der Waals surface area contributed by atoms with Crippen LogP contribution in [0.25, 0.3) is 0 Å². The van der Waals surface area contributed by atoms with E-state index in [0.29, 0.717) is 10.0 Å². The molecule has 0 aliphatic carbocycles. The van der Waals surface area contributed by atoms with Gasteiger partial charge >= 0.3 is 5.97 Å². The third-order valence-corrected chi connectivity index (χ3v) is 3.61. The molecule has 0 bridgehead atoms. The third kappa shape index (κ3) is 2.40. The molecule has 0 aliphatic rings. The highest BCUT2D eigenvalue weighted by Gasteiger charge is 2.25. The summed E-state index contributed by atoms with van der Waals surface area (Å²) in [4.78, 5) is 11.0.